The smallest absolute Gasteiger partial charge is 0.150 e. The molecule has 4 aromatic rings. The van der Waals surface area contributed by atoms with Crippen molar-refractivity contribution in [1.29, 1.82) is 0 Å². The van der Waals surface area contributed by atoms with E-state index in [1.54, 1.807) is 25.6 Å². The van der Waals surface area contributed by atoms with Gasteiger partial charge in [0.15, 0.2) is 0 Å². The van der Waals surface area contributed by atoms with E-state index < -0.39 is 0 Å². The van der Waals surface area contributed by atoms with Crippen molar-refractivity contribution in [3.05, 3.63) is 66.6 Å². The SMILES string of the molecule is COc1c(Nc2cc(Nc3cc(C)nc(C)n3)ncn2)cccc1-c1ccnnc1. The summed E-state index contributed by atoms with van der Waals surface area (Å²) < 4.78 is 5.67. The number of ether oxygens (including phenoxy) is 1. The lowest BCUT2D eigenvalue weighted by atomic mass is 10.1. The zero-order chi connectivity index (χ0) is 20.9. The van der Waals surface area contributed by atoms with Crippen LogP contribution < -0.4 is 15.4 Å². The second-order valence-electron chi connectivity index (χ2n) is 6.50. The highest BCUT2D eigenvalue weighted by Crippen LogP contribution is 2.37. The van der Waals surface area contributed by atoms with Crippen LogP contribution in [0.5, 0.6) is 5.75 Å². The quantitative estimate of drug-likeness (QED) is 0.499. The summed E-state index contributed by atoms with van der Waals surface area (Å²) in [4.78, 5) is 17.3. The van der Waals surface area contributed by atoms with E-state index >= 15 is 0 Å². The van der Waals surface area contributed by atoms with Gasteiger partial charge in [-0.2, -0.15) is 10.2 Å². The monoisotopic (exact) mass is 400 g/mol. The fraction of sp³-hybridized carbons (Fsp3) is 0.143. The molecule has 0 unspecified atom stereocenters. The Labute approximate surface area is 173 Å². The number of anilines is 4. The minimum absolute atomic E-state index is 0.610. The average Bonchev–Trinajstić information content (AvgIpc) is 2.74. The molecule has 0 radical (unpaired) electrons. The molecule has 0 bridgehead atoms. The van der Waals surface area contributed by atoms with Gasteiger partial charge in [0.1, 0.15) is 35.4 Å². The predicted molar refractivity (Wildman–Crippen MR) is 114 cm³/mol. The first-order valence-electron chi connectivity index (χ1n) is 9.25. The van der Waals surface area contributed by atoms with Crippen LogP contribution in [0.3, 0.4) is 0 Å². The lowest BCUT2D eigenvalue weighted by Gasteiger charge is -2.15. The zero-order valence-corrected chi connectivity index (χ0v) is 16.8. The van der Waals surface area contributed by atoms with Crippen molar-refractivity contribution in [2.24, 2.45) is 0 Å². The van der Waals surface area contributed by atoms with Gasteiger partial charge >= 0.3 is 0 Å². The fourth-order valence-electron chi connectivity index (χ4n) is 3.08. The molecule has 150 valence electrons. The molecule has 0 aliphatic heterocycles. The van der Waals surface area contributed by atoms with E-state index in [0.29, 0.717) is 29.0 Å². The van der Waals surface area contributed by atoms with Crippen molar-refractivity contribution < 1.29 is 4.74 Å². The largest absolute Gasteiger partial charge is 0.494 e. The Balaban J connectivity index is 1.61. The Morgan fingerprint density at radius 3 is 2.43 bits per heavy atom. The zero-order valence-electron chi connectivity index (χ0n) is 16.8. The van der Waals surface area contributed by atoms with Crippen molar-refractivity contribution in [2.75, 3.05) is 17.7 Å². The molecule has 30 heavy (non-hydrogen) atoms. The topological polar surface area (TPSA) is 111 Å². The van der Waals surface area contributed by atoms with Gasteiger partial charge < -0.3 is 15.4 Å². The molecule has 2 N–H and O–H groups in total. The van der Waals surface area contributed by atoms with Crippen LogP contribution in [0.15, 0.2) is 55.1 Å². The van der Waals surface area contributed by atoms with Gasteiger partial charge in [0.25, 0.3) is 0 Å². The molecule has 0 aliphatic carbocycles. The maximum absolute atomic E-state index is 5.67. The molecule has 0 spiro atoms. The van der Waals surface area contributed by atoms with Crippen molar-refractivity contribution in [2.45, 2.75) is 13.8 Å². The third-order valence-electron chi connectivity index (χ3n) is 4.27. The van der Waals surface area contributed by atoms with Crippen molar-refractivity contribution in [3.8, 4) is 16.9 Å². The summed E-state index contributed by atoms with van der Waals surface area (Å²) in [6.07, 6.45) is 4.82. The molecule has 9 nitrogen and oxygen atoms in total. The number of rotatable bonds is 6. The second kappa shape index (κ2) is 8.48. The predicted octanol–water partition coefficient (Wildman–Crippen LogP) is 3.84. The Kier molecular flexibility index (Phi) is 5.42. The molecule has 4 rings (SSSR count). The van der Waals surface area contributed by atoms with Gasteiger partial charge in [-0.25, -0.2) is 19.9 Å². The first-order chi connectivity index (χ1) is 14.6. The standard InChI is InChI=1S/C21H20N8O/c1-13-9-20(27-14(2)26-13)29-19-10-18(22-12-23-19)28-17-6-4-5-16(21(17)30-3)15-7-8-24-25-11-15/h4-12H,1-3H3,(H2,22,23,26,27,28,29). The van der Waals surface area contributed by atoms with Crippen molar-refractivity contribution in [3.63, 3.8) is 0 Å². The normalized spacial score (nSPS) is 10.5. The number of aryl methyl sites for hydroxylation is 2. The van der Waals surface area contributed by atoms with Gasteiger partial charge in [-0.15, -0.1) is 0 Å². The maximum atomic E-state index is 5.67. The Morgan fingerprint density at radius 2 is 1.70 bits per heavy atom. The van der Waals surface area contributed by atoms with Crippen LogP contribution in [0.2, 0.25) is 0 Å². The molecular formula is C21H20N8O. The van der Waals surface area contributed by atoms with Crippen molar-refractivity contribution >= 4 is 23.1 Å². The van der Waals surface area contributed by atoms with Crippen molar-refractivity contribution in [1.82, 2.24) is 30.1 Å². The molecule has 3 heterocycles. The van der Waals surface area contributed by atoms with Crippen LogP contribution in [-0.4, -0.2) is 37.2 Å². The highest BCUT2D eigenvalue weighted by molar-refractivity contribution is 5.80. The van der Waals surface area contributed by atoms with E-state index in [1.807, 2.05) is 44.2 Å². The van der Waals surface area contributed by atoms with E-state index in [2.05, 4.69) is 40.8 Å². The van der Waals surface area contributed by atoms with Crippen LogP contribution in [0.25, 0.3) is 11.1 Å². The maximum Gasteiger partial charge on any atom is 0.150 e. The first kappa shape index (κ1) is 19.2. The summed E-state index contributed by atoms with van der Waals surface area (Å²) in [5, 5.41) is 14.3. The fourth-order valence-corrected chi connectivity index (χ4v) is 3.08. The highest BCUT2D eigenvalue weighted by Gasteiger charge is 2.12. The van der Waals surface area contributed by atoms with Crippen LogP contribution in [0.4, 0.5) is 23.1 Å². The lowest BCUT2D eigenvalue weighted by Crippen LogP contribution is -2.02. The van der Waals surface area contributed by atoms with Gasteiger partial charge in [-0.3, -0.25) is 0 Å². The Bertz CT molecular complexity index is 1150. The van der Waals surface area contributed by atoms with Crippen LogP contribution in [-0.2, 0) is 0 Å². The van der Waals surface area contributed by atoms with Crippen LogP contribution in [0.1, 0.15) is 11.5 Å². The van der Waals surface area contributed by atoms with Gasteiger partial charge in [0.2, 0.25) is 0 Å². The third-order valence-corrected chi connectivity index (χ3v) is 4.27. The third kappa shape index (κ3) is 4.30. The molecule has 3 aromatic heterocycles. The number of para-hydroxylation sites is 1. The Hall–Kier alpha value is -4.14. The molecule has 9 heteroatoms. The number of nitrogens with zero attached hydrogens (tertiary/aromatic N) is 6. The molecule has 1 aromatic carbocycles. The van der Waals surface area contributed by atoms with E-state index in [1.165, 1.54) is 6.33 Å². The number of hydrogen-bond donors (Lipinski definition) is 2. The van der Waals surface area contributed by atoms with E-state index in [9.17, 15) is 0 Å². The molecule has 0 fully saturated rings. The molecule has 0 saturated carbocycles. The van der Waals surface area contributed by atoms with Crippen LogP contribution in [0, 0.1) is 13.8 Å². The number of benzene rings is 1. The number of hydrogen-bond acceptors (Lipinski definition) is 9. The van der Waals surface area contributed by atoms with Crippen LogP contribution >= 0.6 is 0 Å². The van der Waals surface area contributed by atoms with Gasteiger partial charge in [-0.1, -0.05) is 12.1 Å². The van der Waals surface area contributed by atoms with E-state index in [-0.39, 0.29) is 0 Å². The molecule has 0 aliphatic rings. The summed E-state index contributed by atoms with van der Waals surface area (Å²) in [5.41, 5.74) is 3.46. The number of nitrogens with one attached hydrogen (secondary N) is 2. The second-order valence-corrected chi connectivity index (χ2v) is 6.50. The van der Waals surface area contributed by atoms with Gasteiger partial charge in [-0.05, 0) is 26.0 Å². The first-order valence-corrected chi connectivity index (χ1v) is 9.25. The lowest BCUT2D eigenvalue weighted by molar-refractivity contribution is 0.418. The summed E-state index contributed by atoms with van der Waals surface area (Å²) >= 11 is 0. The summed E-state index contributed by atoms with van der Waals surface area (Å²) in [5.74, 6) is 3.27. The molecular weight excluding hydrogens is 380 g/mol. The van der Waals surface area contributed by atoms with E-state index in [0.717, 1.165) is 22.5 Å². The average molecular weight is 400 g/mol. The molecule has 0 amide bonds. The highest BCUT2D eigenvalue weighted by atomic mass is 16.5. The molecule has 0 atom stereocenters. The summed E-state index contributed by atoms with van der Waals surface area (Å²) in [6, 6.07) is 11.4. The van der Waals surface area contributed by atoms with Gasteiger partial charge in [0, 0.05) is 29.0 Å². The minimum Gasteiger partial charge on any atom is -0.494 e. The summed E-state index contributed by atoms with van der Waals surface area (Å²) in [6.45, 7) is 3.77. The number of methoxy groups -OCH3 is 1. The molecule has 0 saturated heterocycles. The minimum atomic E-state index is 0.610. The summed E-state index contributed by atoms with van der Waals surface area (Å²) in [7, 11) is 1.63. The van der Waals surface area contributed by atoms with E-state index in [4.69, 9.17) is 4.74 Å². The van der Waals surface area contributed by atoms with Gasteiger partial charge in [0.05, 0.1) is 25.2 Å². The number of aromatic nitrogens is 6. The Morgan fingerprint density at radius 1 is 0.867 bits per heavy atom.